The second-order valence-electron chi connectivity index (χ2n) is 9.34. The number of carbonyl (C=O) groups is 2. The maximum Gasteiger partial charge on any atom is 0.317 e. The van der Waals surface area contributed by atoms with Crippen LogP contribution in [0, 0.1) is 11.8 Å². The van der Waals surface area contributed by atoms with Crippen LogP contribution in [0.1, 0.15) is 124 Å². The first-order chi connectivity index (χ1) is 13.9. The van der Waals surface area contributed by atoms with Gasteiger partial charge in [-0.2, -0.15) is 0 Å². The molecule has 0 amide bonds. The molecule has 0 aliphatic heterocycles. The molecule has 29 heavy (non-hydrogen) atoms. The van der Waals surface area contributed by atoms with Crippen LogP contribution < -0.4 is 0 Å². The molecule has 0 saturated heterocycles. The lowest BCUT2D eigenvalue weighted by atomic mass is 9.74. The molecule has 0 atom stereocenters. The zero-order chi connectivity index (χ0) is 21.3. The molecular formula is C25H44O4. The smallest absolute Gasteiger partial charge is 0.317 e. The van der Waals surface area contributed by atoms with E-state index in [1.54, 1.807) is 0 Å². The Hall–Kier alpha value is -1.06. The number of esters is 2. The van der Waals surface area contributed by atoms with Gasteiger partial charge in [-0.05, 0) is 63.2 Å². The first-order valence-corrected chi connectivity index (χ1v) is 12.4. The molecule has 0 unspecified atom stereocenters. The molecule has 0 N–H and O–H groups in total. The third kappa shape index (κ3) is 5.98. The number of ether oxygens (including phenoxy) is 2. The van der Waals surface area contributed by atoms with E-state index in [4.69, 9.17) is 9.47 Å². The molecule has 0 aromatic heterocycles. The molecule has 0 bridgehead atoms. The van der Waals surface area contributed by atoms with Crippen molar-refractivity contribution in [3.8, 4) is 0 Å². The summed E-state index contributed by atoms with van der Waals surface area (Å²) in [6, 6.07) is 0. The van der Waals surface area contributed by atoms with Crippen LogP contribution in [0.25, 0.3) is 0 Å². The minimum Gasteiger partial charge on any atom is -0.458 e. The van der Waals surface area contributed by atoms with E-state index in [9.17, 15) is 9.59 Å². The lowest BCUT2D eigenvalue weighted by Crippen LogP contribution is -2.45. The van der Waals surface area contributed by atoms with Crippen molar-refractivity contribution in [3.63, 3.8) is 0 Å². The summed E-state index contributed by atoms with van der Waals surface area (Å²) in [5, 5.41) is 0. The highest BCUT2D eigenvalue weighted by Crippen LogP contribution is 2.41. The number of hydrogen-bond acceptors (Lipinski definition) is 4. The van der Waals surface area contributed by atoms with Gasteiger partial charge in [0, 0.05) is 0 Å². The predicted molar refractivity (Wildman–Crippen MR) is 117 cm³/mol. The maximum atomic E-state index is 12.7. The van der Waals surface area contributed by atoms with Crippen molar-refractivity contribution >= 4 is 11.9 Å². The van der Waals surface area contributed by atoms with E-state index in [2.05, 4.69) is 27.7 Å². The van der Waals surface area contributed by atoms with E-state index < -0.39 is 23.1 Å². The van der Waals surface area contributed by atoms with Gasteiger partial charge in [-0.1, -0.05) is 66.2 Å². The highest BCUT2D eigenvalue weighted by atomic mass is 16.6. The zero-order valence-corrected chi connectivity index (χ0v) is 19.4. The monoisotopic (exact) mass is 408 g/mol. The second kappa shape index (κ2) is 11.4. The van der Waals surface area contributed by atoms with Crippen molar-refractivity contribution < 1.29 is 19.1 Å². The van der Waals surface area contributed by atoms with Crippen LogP contribution in [-0.2, 0) is 19.1 Å². The molecule has 2 fully saturated rings. The number of carbonyl (C=O) groups excluding carboxylic acids is 2. The Kier molecular flexibility index (Phi) is 9.49. The van der Waals surface area contributed by atoms with Crippen LogP contribution in [-0.4, -0.2) is 23.1 Å². The fraction of sp³-hybridized carbons (Fsp3) is 0.920. The van der Waals surface area contributed by atoms with Crippen LogP contribution in [0.2, 0.25) is 0 Å². The predicted octanol–water partition coefficient (Wildman–Crippen LogP) is 6.74. The summed E-state index contributed by atoms with van der Waals surface area (Å²) in [4.78, 5) is 25.5. The summed E-state index contributed by atoms with van der Waals surface area (Å²) < 4.78 is 12.1. The summed E-state index contributed by atoms with van der Waals surface area (Å²) in [5.74, 6) is 0.0146. The van der Waals surface area contributed by atoms with Gasteiger partial charge in [-0.15, -0.1) is 0 Å². The third-order valence-electron chi connectivity index (χ3n) is 8.02. The largest absolute Gasteiger partial charge is 0.458 e. The molecule has 2 rings (SSSR count). The van der Waals surface area contributed by atoms with E-state index in [1.807, 2.05) is 0 Å². The van der Waals surface area contributed by atoms with Crippen molar-refractivity contribution in [3.05, 3.63) is 0 Å². The van der Waals surface area contributed by atoms with Gasteiger partial charge in [-0.3, -0.25) is 9.59 Å². The lowest BCUT2D eigenvalue weighted by molar-refractivity contribution is -0.181. The minimum atomic E-state index is -0.423. The molecule has 4 heteroatoms. The van der Waals surface area contributed by atoms with Gasteiger partial charge in [-0.25, -0.2) is 0 Å². The van der Waals surface area contributed by atoms with Crippen molar-refractivity contribution in [1.29, 1.82) is 0 Å². The molecular weight excluding hydrogens is 364 g/mol. The van der Waals surface area contributed by atoms with Crippen LogP contribution >= 0.6 is 0 Å². The van der Waals surface area contributed by atoms with Gasteiger partial charge < -0.3 is 9.47 Å². The van der Waals surface area contributed by atoms with E-state index in [0.717, 1.165) is 51.4 Å². The van der Waals surface area contributed by atoms with Crippen LogP contribution in [0.5, 0.6) is 0 Å². The summed E-state index contributed by atoms with van der Waals surface area (Å²) in [6.07, 6.45) is 14.9. The van der Waals surface area contributed by atoms with Gasteiger partial charge in [0.15, 0.2) is 0 Å². The van der Waals surface area contributed by atoms with Crippen LogP contribution in [0.4, 0.5) is 0 Å². The average molecular weight is 409 g/mol. The lowest BCUT2D eigenvalue weighted by Gasteiger charge is -2.42. The van der Waals surface area contributed by atoms with Crippen molar-refractivity contribution in [1.82, 2.24) is 0 Å². The van der Waals surface area contributed by atoms with Gasteiger partial charge in [0.1, 0.15) is 17.6 Å². The van der Waals surface area contributed by atoms with Crippen molar-refractivity contribution in [2.75, 3.05) is 0 Å². The quantitative estimate of drug-likeness (QED) is 0.297. The Bertz CT molecular complexity index is 461. The fourth-order valence-electron chi connectivity index (χ4n) is 6.01. The second-order valence-corrected chi connectivity index (χ2v) is 9.34. The minimum absolute atomic E-state index is 0.261. The molecule has 0 aromatic carbocycles. The van der Waals surface area contributed by atoms with E-state index >= 15 is 0 Å². The summed E-state index contributed by atoms with van der Waals surface area (Å²) >= 11 is 0. The van der Waals surface area contributed by atoms with Gasteiger partial charge in [0.05, 0.1) is 0 Å². The Morgan fingerprint density at radius 3 is 1.21 bits per heavy atom. The van der Waals surface area contributed by atoms with Gasteiger partial charge in [0.2, 0.25) is 0 Å². The van der Waals surface area contributed by atoms with Crippen molar-refractivity contribution in [2.45, 2.75) is 135 Å². The SMILES string of the molecule is CCC(CC)(OC(=O)CC(=O)OC(CC)(CC)C1CCCCC1)C1CCCCC1. The molecule has 168 valence electrons. The first kappa shape index (κ1) is 24.2. The molecule has 4 nitrogen and oxygen atoms in total. The third-order valence-corrected chi connectivity index (χ3v) is 8.02. The van der Waals surface area contributed by atoms with Gasteiger partial charge in [0.25, 0.3) is 0 Å². The van der Waals surface area contributed by atoms with E-state index in [0.29, 0.717) is 11.8 Å². The first-order valence-electron chi connectivity index (χ1n) is 12.4. The fourth-order valence-corrected chi connectivity index (χ4v) is 6.01. The molecule has 2 aliphatic rings. The zero-order valence-electron chi connectivity index (χ0n) is 19.4. The number of rotatable bonds is 10. The Labute approximate surface area is 178 Å². The summed E-state index contributed by atoms with van der Waals surface area (Å²) in [7, 11) is 0. The highest BCUT2D eigenvalue weighted by Gasteiger charge is 2.42. The molecule has 0 spiro atoms. The molecule has 2 saturated carbocycles. The van der Waals surface area contributed by atoms with Gasteiger partial charge >= 0.3 is 11.9 Å². The van der Waals surface area contributed by atoms with E-state index in [-0.39, 0.29) is 6.42 Å². The summed E-state index contributed by atoms with van der Waals surface area (Å²) in [5.41, 5.74) is -0.846. The standard InChI is InChI=1S/C25H44O4/c1-5-24(6-2,20-15-11-9-12-16-20)28-22(26)19-23(27)29-25(7-3,8-4)21-17-13-10-14-18-21/h20-21H,5-19H2,1-4H3. The molecule has 0 aromatic rings. The Morgan fingerprint density at radius 1 is 0.621 bits per heavy atom. The summed E-state index contributed by atoms with van der Waals surface area (Å²) in [6.45, 7) is 8.41. The van der Waals surface area contributed by atoms with Crippen LogP contribution in [0.15, 0.2) is 0 Å². The van der Waals surface area contributed by atoms with Crippen LogP contribution in [0.3, 0.4) is 0 Å². The topological polar surface area (TPSA) is 52.6 Å². The normalized spacial score (nSPS) is 19.7. The highest BCUT2D eigenvalue weighted by molar-refractivity contribution is 5.91. The maximum absolute atomic E-state index is 12.7. The Morgan fingerprint density at radius 2 is 0.931 bits per heavy atom. The Balaban J connectivity index is 1.99. The number of hydrogen-bond donors (Lipinski definition) is 0. The molecule has 2 aliphatic carbocycles. The van der Waals surface area contributed by atoms with Crippen molar-refractivity contribution in [2.24, 2.45) is 11.8 Å². The average Bonchev–Trinajstić information content (AvgIpc) is 2.77. The molecule has 0 radical (unpaired) electrons. The molecule has 0 heterocycles. The van der Waals surface area contributed by atoms with E-state index in [1.165, 1.54) is 38.5 Å².